The average molecular weight is 384 g/mol. The zero-order chi connectivity index (χ0) is 18.9. The highest BCUT2D eigenvalue weighted by Gasteiger charge is 2.29. The molecule has 1 aliphatic rings. The molecule has 1 amide bonds. The van der Waals surface area contributed by atoms with E-state index in [-0.39, 0.29) is 17.5 Å². The number of fused-ring (bicyclic) bond motifs is 1. The van der Waals surface area contributed by atoms with Crippen LogP contribution in [0.5, 0.6) is 0 Å². The third-order valence-corrected chi connectivity index (χ3v) is 6.68. The van der Waals surface area contributed by atoms with Crippen LogP contribution in [0, 0.1) is 0 Å². The van der Waals surface area contributed by atoms with Crippen LogP contribution < -0.4 is 0 Å². The lowest BCUT2D eigenvalue weighted by atomic mass is 10.0. The van der Waals surface area contributed by atoms with Gasteiger partial charge in [0.05, 0.1) is 12.5 Å². The number of benzene rings is 2. The van der Waals surface area contributed by atoms with E-state index in [9.17, 15) is 13.2 Å². The van der Waals surface area contributed by atoms with Gasteiger partial charge in [-0.15, -0.1) is 0 Å². The SMILES string of the molecule is O=C(c1cccc2ccccc12)N1CCCN(S(=O)(=O)c2cnc[nH]2)CC1. The second-order valence-electron chi connectivity index (χ2n) is 6.49. The third-order valence-electron chi connectivity index (χ3n) is 4.85. The van der Waals surface area contributed by atoms with Gasteiger partial charge < -0.3 is 9.88 Å². The maximum atomic E-state index is 13.1. The molecule has 0 bridgehead atoms. The largest absolute Gasteiger partial charge is 0.337 e. The van der Waals surface area contributed by atoms with Crippen LogP contribution >= 0.6 is 0 Å². The van der Waals surface area contributed by atoms with Crippen LogP contribution in [0.25, 0.3) is 10.8 Å². The summed E-state index contributed by atoms with van der Waals surface area (Å²) in [5.74, 6) is -0.0624. The molecule has 0 aliphatic carbocycles. The second kappa shape index (κ2) is 7.13. The highest BCUT2D eigenvalue weighted by atomic mass is 32.2. The molecule has 0 saturated carbocycles. The summed E-state index contributed by atoms with van der Waals surface area (Å²) >= 11 is 0. The number of carbonyl (C=O) groups excluding carboxylic acids is 1. The number of aromatic nitrogens is 2. The topological polar surface area (TPSA) is 86.4 Å². The van der Waals surface area contributed by atoms with Gasteiger partial charge in [0, 0.05) is 31.7 Å². The number of hydrogen-bond donors (Lipinski definition) is 1. The van der Waals surface area contributed by atoms with E-state index < -0.39 is 10.0 Å². The van der Waals surface area contributed by atoms with Crippen LogP contribution in [0.3, 0.4) is 0 Å². The number of carbonyl (C=O) groups is 1. The molecule has 0 unspecified atom stereocenters. The average Bonchev–Trinajstić information content (AvgIpc) is 3.12. The van der Waals surface area contributed by atoms with Crippen molar-refractivity contribution in [3.05, 3.63) is 60.6 Å². The zero-order valence-corrected chi connectivity index (χ0v) is 15.5. The monoisotopic (exact) mass is 384 g/mol. The van der Waals surface area contributed by atoms with Crippen molar-refractivity contribution < 1.29 is 13.2 Å². The fourth-order valence-corrected chi connectivity index (χ4v) is 4.81. The molecule has 1 fully saturated rings. The van der Waals surface area contributed by atoms with Crippen LogP contribution in [0.15, 0.2) is 60.0 Å². The zero-order valence-electron chi connectivity index (χ0n) is 14.7. The number of hydrogen-bond acceptors (Lipinski definition) is 4. The van der Waals surface area contributed by atoms with Gasteiger partial charge in [-0.3, -0.25) is 4.79 Å². The van der Waals surface area contributed by atoms with E-state index in [0.717, 1.165) is 10.8 Å². The van der Waals surface area contributed by atoms with Crippen molar-refractivity contribution in [2.75, 3.05) is 26.2 Å². The number of nitrogens with one attached hydrogen (secondary N) is 1. The number of amides is 1. The first kappa shape index (κ1) is 17.7. The van der Waals surface area contributed by atoms with Crippen molar-refractivity contribution in [1.82, 2.24) is 19.2 Å². The Bertz CT molecular complexity index is 1060. The molecule has 2 aromatic carbocycles. The first-order valence-corrected chi connectivity index (χ1v) is 10.3. The van der Waals surface area contributed by atoms with Crippen molar-refractivity contribution in [1.29, 1.82) is 0 Å². The molecule has 1 saturated heterocycles. The summed E-state index contributed by atoms with van der Waals surface area (Å²) in [6.45, 7) is 1.52. The van der Waals surface area contributed by atoms with E-state index in [1.165, 1.54) is 16.8 Å². The van der Waals surface area contributed by atoms with Crippen molar-refractivity contribution >= 4 is 26.7 Å². The summed E-state index contributed by atoms with van der Waals surface area (Å²) in [4.78, 5) is 21.3. The maximum absolute atomic E-state index is 13.1. The second-order valence-corrected chi connectivity index (χ2v) is 8.40. The molecule has 0 atom stereocenters. The summed E-state index contributed by atoms with van der Waals surface area (Å²) in [5, 5.41) is 2.01. The Morgan fingerprint density at radius 2 is 1.81 bits per heavy atom. The predicted octanol–water partition coefficient (Wildman–Crippen LogP) is 2.10. The van der Waals surface area contributed by atoms with E-state index in [1.807, 2.05) is 42.5 Å². The van der Waals surface area contributed by atoms with Crippen LogP contribution in [0.1, 0.15) is 16.8 Å². The van der Waals surface area contributed by atoms with Gasteiger partial charge in [0.1, 0.15) is 0 Å². The fourth-order valence-electron chi connectivity index (χ4n) is 3.44. The normalized spacial score (nSPS) is 16.4. The first-order chi connectivity index (χ1) is 13.1. The van der Waals surface area contributed by atoms with Gasteiger partial charge in [0.25, 0.3) is 15.9 Å². The molecular weight excluding hydrogens is 364 g/mol. The van der Waals surface area contributed by atoms with Crippen LogP contribution in [0.4, 0.5) is 0 Å². The fraction of sp³-hybridized carbons (Fsp3) is 0.263. The maximum Gasteiger partial charge on any atom is 0.260 e. The van der Waals surface area contributed by atoms with Crippen molar-refractivity contribution in [3.63, 3.8) is 0 Å². The van der Waals surface area contributed by atoms with E-state index in [4.69, 9.17) is 0 Å². The Labute approximate surface area is 157 Å². The van der Waals surface area contributed by atoms with Gasteiger partial charge in [-0.2, -0.15) is 4.31 Å². The summed E-state index contributed by atoms with van der Waals surface area (Å²) in [6, 6.07) is 13.5. The quantitative estimate of drug-likeness (QED) is 0.749. The molecule has 2 heterocycles. The Kier molecular flexibility index (Phi) is 4.67. The number of nitrogens with zero attached hydrogens (tertiary/aromatic N) is 3. The first-order valence-electron chi connectivity index (χ1n) is 8.83. The highest BCUT2D eigenvalue weighted by molar-refractivity contribution is 7.89. The lowest BCUT2D eigenvalue weighted by Gasteiger charge is -2.22. The van der Waals surface area contributed by atoms with Crippen molar-refractivity contribution in [2.45, 2.75) is 11.4 Å². The van der Waals surface area contributed by atoms with Gasteiger partial charge in [0.15, 0.2) is 5.03 Å². The van der Waals surface area contributed by atoms with Crippen LogP contribution in [-0.4, -0.2) is 59.7 Å². The number of imidazole rings is 1. The minimum absolute atomic E-state index is 0.0624. The Hall–Kier alpha value is -2.71. The predicted molar refractivity (Wildman–Crippen MR) is 102 cm³/mol. The van der Waals surface area contributed by atoms with Gasteiger partial charge in [-0.1, -0.05) is 36.4 Å². The molecule has 1 aliphatic heterocycles. The molecule has 1 aromatic heterocycles. The molecule has 4 rings (SSSR count). The Morgan fingerprint density at radius 3 is 2.63 bits per heavy atom. The number of sulfonamides is 1. The van der Waals surface area contributed by atoms with Crippen molar-refractivity contribution in [3.8, 4) is 0 Å². The van der Waals surface area contributed by atoms with E-state index >= 15 is 0 Å². The van der Waals surface area contributed by atoms with E-state index in [0.29, 0.717) is 31.6 Å². The third kappa shape index (κ3) is 3.33. The van der Waals surface area contributed by atoms with Crippen LogP contribution in [0.2, 0.25) is 0 Å². The Morgan fingerprint density at radius 1 is 1.00 bits per heavy atom. The number of rotatable bonds is 3. The molecule has 140 valence electrons. The highest BCUT2D eigenvalue weighted by Crippen LogP contribution is 2.21. The lowest BCUT2D eigenvalue weighted by Crippen LogP contribution is -2.37. The van der Waals surface area contributed by atoms with Gasteiger partial charge in [-0.05, 0) is 23.3 Å². The number of H-pyrrole nitrogens is 1. The minimum Gasteiger partial charge on any atom is -0.337 e. The molecule has 0 radical (unpaired) electrons. The van der Waals surface area contributed by atoms with Crippen molar-refractivity contribution in [2.24, 2.45) is 0 Å². The molecule has 3 aromatic rings. The number of aromatic amines is 1. The van der Waals surface area contributed by atoms with E-state index in [1.54, 1.807) is 4.90 Å². The molecule has 1 N–H and O–H groups in total. The summed E-state index contributed by atoms with van der Waals surface area (Å²) in [5.41, 5.74) is 0.651. The minimum atomic E-state index is -3.61. The van der Waals surface area contributed by atoms with Gasteiger partial charge >= 0.3 is 0 Å². The molecule has 0 spiro atoms. The summed E-state index contributed by atoms with van der Waals surface area (Å²) in [7, 11) is -3.61. The van der Waals surface area contributed by atoms with E-state index in [2.05, 4.69) is 9.97 Å². The van der Waals surface area contributed by atoms with Gasteiger partial charge in [0.2, 0.25) is 0 Å². The van der Waals surface area contributed by atoms with Gasteiger partial charge in [-0.25, -0.2) is 13.4 Å². The standard InChI is InChI=1S/C19H20N4O3S/c24-19(17-8-3-6-15-5-1-2-7-16(15)17)22-9-4-10-23(12-11-22)27(25,26)18-13-20-14-21-18/h1-3,5-8,13-14H,4,9-12H2,(H,20,21). The lowest BCUT2D eigenvalue weighted by molar-refractivity contribution is 0.0766. The van der Waals surface area contributed by atoms with Crippen LogP contribution in [-0.2, 0) is 10.0 Å². The Balaban J connectivity index is 1.55. The summed E-state index contributed by atoms with van der Waals surface area (Å²) in [6.07, 6.45) is 3.24. The smallest absolute Gasteiger partial charge is 0.260 e. The molecule has 7 nitrogen and oxygen atoms in total. The molecule has 27 heavy (non-hydrogen) atoms. The molecular formula is C19H20N4O3S. The summed E-state index contributed by atoms with van der Waals surface area (Å²) < 4.78 is 26.8. The molecule has 8 heteroatoms.